The lowest BCUT2D eigenvalue weighted by atomic mass is 9.77. The number of allylic oxidation sites excluding steroid dienone is 1. The molecule has 0 bridgehead atoms. The van der Waals surface area contributed by atoms with Gasteiger partial charge in [0.15, 0.2) is 5.78 Å². The van der Waals surface area contributed by atoms with Crippen LogP contribution in [0, 0.1) is 13.8 Å². The second-order valence-electron chi connectivity index (χ2n) is 7.18. The number of ketones is 1. The second kappa shape index (κ2) is 6.34. The summed E-state index contributed by atoms with van der Waals surface area (Å²) < 4.78 is 5.46. The highest BCUT2D eigenvalue weighted by Crippen LogP contribution is 2.40. The normalized spacial score (nSPS) is 14.5. The van der Waals surface area contributed by atoms with E-state index in [1.54, 1.807) is 7.11 Å². The Bertz CT molecular complexity index is 1210. The molecule has 0 aromatic heterocycles. The van der Waals surface area contributed by atoms with Crippen LogP contribution in [0.4, 0.5) is 0 Å². The summed E-state index contributed by atoms with van der Waals surface area (Å²) in [5, 5.41) is 11.4. The molecule has 3 aromatic rings. The van der Waals surface area contributed by atoms with Crippen molar-refractivity contribution in [3.05, 3.63) is 70.3 Å². The third-order valence-corrected chi connectivity index (χ3v) is 5.58. The van der Waals surface area contributed by atoms with Crippen LogP contribution in [0.1, 0.15) is 34.0 Å². The van der Waals surface area contributed by atoms with Gasteiger partial charge in [-0.05, 0) is 77.6 Å². The lowest BCUT2D eigenvalue weighted by Gasteiger charge is -2.23. The van der Waals surface area contributed by atoms with E-state index in [-0.39, 0.29) is 11.4 Å². The van der Waals surface area contributed by atoms with Crippen LogP contribution in [0.25, 0.3) is 27.5 Å². The summed E-state index contributed by atoms with van der Waals surface area (Å²) in [5.41, 5.74) is 5.88. The van der Waals surface area contributed by atoms with Gasteiger partial charge in [-0.1, -0.05) is 24.3 Å². The molecule has 4 rings (SSSR count). The number of ether oxygens (including phenoxy) is 1. The zero-order chi connectivity index (χ0) is 20.2. The maximum atomic E-state index is 12.4. The molecule has 0 aliphatic heterocycles. The average Bonchev–Trinajstić information content (AvgIpc) is 2.69. The van der Waals surface area contributed by atoms with E-state index < -0.39 is 5.97 Å². The molecule has 4 heteroatoms. The molecule has 0 radical (unpaired) electrons. The summed E-state index contributed by atoms with van der Waals surface area (Å²) in [6.07, 6.45) is 0. The summed E-state index contributed by atoms with van der Waals surface area (Å²) >= 11 is 0. The number of carbonyl (C=O) groups is 2. The smallest absolute Gasteiger partial charge is 0.332 e. The van der Waals surface area contributed by atoms with Crippen LogP contribution in [-0.2, 0) is 4.79 Å². The standard InChI is InChI=1S/C24H20O4/c1-12-9-21(28-4)13(2)17-7-5-15(10-19(12)17)16-6-8-18-20(11-16)23(25)22(18)14(3)24(26)27/h5-11H,1-4H3,(H,26,27)/b22-14+. The van der Waals surface area contributed by atoms with Gasteiger partial charge in [-0.2, -0.15) is 0 Å². The number of carboxylic acids is 1. The first-order valence-electron chi connectivity index (χ1n) is 9.05. The number of carboxylic acid groups (broad SMARTS) is 1. The predicted octanol–water partition coefficient (Wildman–Crippen LogP) is 5.19. The minimum absolute atomic E-state index is 0.0935. The van der Waals surface area contributed by atoms with Crippen LogP contribution >= 0.6 is 0 Å². The van der Waals surface area contributed by atoms with E-state index in [1.165, 1.54) is 6.92 Å². The Morgan fingerprint density at radius 2 is 1.61 bits per heavy atom. The highest BCUT2D eigenvalue weighted by atomic mass is 16.5. The molecular weight excluding hydrogens is 352 g/mol. The molecule has 0 atom stereocenters. The van der Waals surface area contributed by atoms with Crippen LogP contribution in [0.15, 0.2) is 48.0 Å². The quantitative estimate of drug-likeness (QED) is 0.643. The number of methoxy groups -OCH3 is 1. The topological polar surface area (TPSA) is 63.6 Å². The van der Waals surface area contributed by atoms with Crippen molar-refractivity contribution in [1.82, 2.24) is 0 Å². The van der Waals surface area contributed by atoms with E-state index in [0.717, 1.165) is 38.8 Å². The number of fused-ring (bicyclic) bond motifs is 2. The Hall–Kier alpha value is -3.40. The number of hydrogen-bond donors (Lipinski definition) is 1. The molecule has 0 heterocycles. The number of Topliss-reactive ketones (excluding diaryl/α,β-unsaturated/α-hetero) is 1. The molecule has 28 heavy (non-hydrogen) atoms. The summed E-state index contributed by atoms with van der Waals surface area (Å²) in [4.78, 5) is 23.6. The summed E-state index contributed by atoms with van der Waals surface area (Å²) in [5.74, 6) is -0.388. The van der Waals surface area contributed by atoms with Crippen LogP contribution in [0.3, 0.4) is 0 Å². The summed E-state index contributed by atoms with van der Waals surface area (Å²) in [7, 11) is 1.68. The van der Waals surface area contributed by atoms with Crippen LogP contribution in [0.2, 0.25) is 0 Å². The fourth-order valence-electron chi connectivity index (χ4n) is 3.91. The van der Waals surface area contributed by atoms with Crippen molar-refractivity contribution in [3.8, 4) is 16.9 Å². The molecule has 1 aliphatic carbocycles. The fourth-order valence-corrected chi connectivity index (χ4v) is 3.91. The maximum absolute atomic E-state index is 12.4. The van der Waals surface area contributed by atoms with Crippen molar-refractivity contribution >= 4 is 28.1 Å². The number of aliphatic carboxylic acids is 1. The molecule has 4 nitrogen and oxygen atoms in total. The minimum atomic E-state index is -1.06. The van der Waals surface area contributed by atoms with Crippen molar-refractivity contribution in [2.75, 3.05) is 7.11 Å². The Balaban J connectivity index is 1.83. The monoisotopic (exact) mass is 372 g/mol. The fraction of sp³-hybridized carbons (Fsp3) is 0.167. The van der Waals surface area contributed by atoms with Crippen molar-refractivity contribution in [3.63, 3.8) is 0 Å². The van der Waals surface area contributed by atoms with Gasteiger partial charge in [0, 0.05) is 16.7 Å². The largest absolute Gasteiger partial charge is 0.496 e. The van der Waals surface area contributed by atoms with Crippen molar-refractivity contribution in [2.24, 2.45) is 0 Å². The molecule has 0 fully saturated rings. The van der Waals surface area contributed by atoms with Crippen LogP contribution < -0.4 is 4.74 Å². The van der Waals surface area contributed by atoms with E-state index >= 15 is 0 Å². The Labute approximate surface area is 163 Å². The lowest BCUT2D eigenvalue weighted by Crippen LogP contribution is -2.21. The minimum Gasteiger partial charge on any atom is -0.496 e. The first-order chi connectivity index (χ1) is 13.3. The Morgan fingerprint density at radius 3 is 2.29 bits per heavy atom. The van der Waals surface area contributed by atoms with Gasteiger partial charge in [-0.25, -0.2) is 4.79 Å². The van der Waals surface area contributed by atoms with Crippen molar-refractivity contribution in [2.45, 2.75) is 20.8 Å². The number of benzene rings is 3. The number of hydrogen-bond acceptors (Lipinski definition) is 3. The highest BCUT2D eigenvalue weighted by Gasteiger charge is 2.33. The van der Waals surface area contributed by atoms with Crippen LogP contribution in [0.5, 0.6) is 5.75 Å². The third kappa shape index (κ3) is 2.53. The van der Waals surface area contributed by atoms with Crippen molar-refractivity contribution < 1.29 is 19.4 Å². The third-order valence-electron chi connectivity index (χ3n) is 5.58. The van der Waals surface area contributed by atoms with Gasteiger partial charge in [0.25, 0.3) is 0 Å². The molecule has 3 aromatic carbocycles. The molecule has 0 amide bonds. The molecule has 0 spiro atoms. The van der Waals surface area contributed by atoms with Gasteiger partial charge in [0.1, 0.15) is 5.75 Å². The highest BCUT2D eigenvalue weighted by molar-refractivity contribution is 6.42. The molecule has 140 valence electrons. The van der Waals surface area contributed by atoms with E-state index in [0.29, 0.717) is 16.7 Å². The first kappa shape index (κ1) is 18.0. The molecule has 0 unspecified atom stereocenters. The summed E-state index contributed by atoms with van der Waals surface area (Å²) in [6, 6.07) is 13.9. The van der Waals surface area contributed by atoms with Gasteiger partial charge in [-0.15, -0.1) is 0 Å². The van der Waals surface area contributed by atoms with Gasteiger partial charge < -0.3 is 9.84 Å². The van der Waals surface area contributed by atoms with Gasteiger partial charge >= 0.3 is 5.97 Å². The maximum Gasteiger partial charge on any atom is 0.332 e. The number of carbonyl (C=O) groups excluding carboxylic acids is 1. The number of aryl methyl sites for hydroxylation is 2. The van der Waals surface area contributed by atoms with E-state index in [4.69, 9.17) is 9.84 Å². The molecule has 0 saturated carbocycles. The molecule has 1 aliphatic rings. The first-order valence-corrected chi connectivity index (χ1v) is 9.05. The van der Waals surface area contributed by atoms with Gasteiger partial charge in [0.05, 0.1) is 7.11 Å². The number of rotatable bonds is 3. The Morgan fingerprint density at radius 1 is 0.929 bits per heavy atom. The second-order valence-corrected chi connectivity index (χ2v) is 7.18. The summed E-state index contributed by atoms with van der Waals surface area (Å²) in [6.45, 7) is 5.57. The zero-order valence-electron chi connectivity index (χ0n) is 16.2. The Kier molecular flexibility index (Phi) is 4.07. The zero-order valence-corrected chi connectivity index (χ0v) is 16.2. The molecular formula is C24H20O4. The van der Waals surface area contributed by atoms with E-state index in [1.807, 2.05) is 37.3 Å². The van der Waals surface area contributed by atoms with Gasteiger partial charge in [-0.3, -0.25) is 4.79 Å². The van der Waals surface area contributed by atoms with Crippen molar-refractivity contribution in [1.29, 1.82) is 0 Å². The SMILES string of the molecule is COc1cc(C)c2cc(-c3ccc4c(c3)C(=O)/C4=C(\C)C(=O)O)ccc2c1C. The van der Waals surface area contributed by atoms with E-state index in [2.05, 4.69) is 19.1 Å². The molecule has 0 saturated heterocycles. The predicted molar refractivity (Wildman–Crippen MR) is 110 cm³/mol. The average molecular weight is 372 g/mol. The molecule has 1 N–H and O–H groups in total. The van der Waals surface area contributed by atoms with Crippen LogP contribution in [-0.4, -0.2) is 24.0 Å². The lowest BCUT2D eigenvalue weighted by molar-refractivity contribution is -0.132. The van der Waals surface area contributed by atoms with E-state index in [9.17, 15) is 9.59 Å². The van der Waals surface area contributed by atoms with Gasteiger partial charge in [0.2, 0.25) is 0 Å².